The van der Waals surface area contributed by atoms with Gasteiger partial charge in [-0.3, -0.25) is 0 Å². The van der Waals surface area contributed by atoms with Crippen molar-refractivity contribution >= 4 is 21.7 Å². The van der Waals surface area contributed by atoms with Crippen molar-refractivity contribution in [2.75, 3.05) is 0 Å². The van der Waals surface area contributed by atoms with E-state index in [1.165, 1.54) is 35.3 Å². The maximum Gasteiger partial charge on any atom is 0.340 e. The van der Waals surface area contributed by atoms with Crippen LogP contribution < -0.4 is 4.18 Å². The maximum absolute atomic E-state index is 12.2. The molecule has 0 aliphatic rings. The molecule has 0 radical (unpaired) electrons. The number of hydrogen-bond acceptors (Lipinski definition) is 7. The van der Waals surface area contributed by atoms with Gasteiger partial charge in [0.25, 0.3) is 0 Å². The molecule has 112 valence electrons. The molecule has 2 aromatic heterocycles. The highest BCUT2D eigenvalue weighted by Crippen LogP contribution is 2.21. The van der Waals surface area contributed by atoms with Gasteiger partial charge < -0.3 is 4.18 Å². The third-order valence-corrected chi connectivity index (χ3v) is 4.08. The summed E-state index contributed by atoms with van der Waals surface area (Å²) in [5, 5.41) is 10.9. The first-order chi connectivity index (χ1) is 10.5. The van der Waals surface area contributed by atoms with Gasteiger partial charge in [0.1, 0.15) is 22.1 Å². The predicted octanol–water partition coefficient (Wildman–Crippen LogP) is 1.48. The van der Waals surface area contributed by atoms with E-state index in [-0.39, 0.29) is 15.8 Å². The fourth-order valence-corrected chi connectivity index (χ4v) is 2.62. The molecule has 1 aromatic carbocycles. The summed E-state index contributed by atoms with van der Waals surface area (Å²) in [6.45, 7) is 0. The van der Waals surface area contributed by atoms with Gasteiger partial charge in [-0.1, -0.05) is 17.7 Å². The molecular formula is C12H8ClN5O3S. The van der Waals surface area contributed by atoms with Crippen molar-refractivity contribution in [3.63, 3.8) is 0 Å². The second-order valence-electron chi connectivity index (χ2n) is 4.11. The molecule has 0 bridgehead atoms. The van der Waals surface area contributed by atoms with Crippen molar-refractivity contribution in [1.82, 2.24) is 25.2 Å². The first-order valence-corrected chi connectivity index (χ1v) is 7.73. The maximum atomic E-state index is 12.2. The van der Waals surface area contributed by atoms with Gasteiger partial charge in [0, 0.05) is 6.07 Å². The average molecular weight is 338 g/mol. The molecule has 0 saturated heterocycles. The fourth-order valence-electron chi connectivity index (χ4n) is 1.64. The van der Waals surface area contributed by atoms with E-state index in [1.54, 1.807) is 12.1 Å². The van der Waals surface area contributed by atoms with Gasteiger partial charge in [-0.05, 0) is 34.7 Å². The molecule has 0 aliphatic carbocycles. The quantitative estimate of drug-likeness (QED) is 0.525. The van der Waals surface area contributed by atoms with Crippen LogP contribution in [0.4, 0.5) is 0 Å². The van der Waals surface area contributed by atoms with Gasteiger partial charge in [-0.15, -0.1) is 5.10 Å². The molecule has 3 aromatic rings. The number of halogens is 1. The predicted molar refractivity (Wildman–Crippen MR) is 76.2 cm³/mol. The number of nitrogens with zero attached hydrogens (tertiary/aromatic N) is 5. The Morgan fingerprint density at radius 3 is 2.73 bits per heavy atom. The molecule has 0 aliphatic heterocycles. The first-order valence-electron chi connectivity index (χ1n) is 5.94. The topological polar surface area (TPSA) is 99.9 Å². The SMILES string of the molecule is O=S(=O)(Oc1cccc(-n2cnnn2)c1)c1ccc(Cl)nc1. The summed E-state index contributed by atoms with van der Waals surface area (Å²) in [7, 11) is -4.00. The molecule has 8 nitrogen and oxygen atoms in total. The molecule has 0 saturated carbocycles. The van der Waals surface area contributed by atoms with Crippen LogP contribution in [0.15, 0.2) is 53.8 Å². The van der Waals surface area contributed by atoms with E-state index in [0.29, 0.717) is 5.69 Å². The normalized spacial score (nSPS) is 11.3. The van der Waals surface area contributed by atoms with Crippen molar-refractivity contribution in [3.8, 4) is 11.4 Å². The molecule has 0 unspecified atom stereocenters. The minimum atomic E-state index is -4.00. The lowest BCUT2D eigenvalue weighted by atomic mass is 10.3. The Hall–Kier alpha value is -2.52. The van der Waals surface area contributed by atoms with E-state index in [0.717, 1.165) is 6.20 Å². The summed E-state index contributed by atoms with van der Waals surface area (Å²) in [4.78, 5) is 3.63. The Labute approximate surface area is 130 Å². The minimum Gasteiger partial charge on any atom is -0.379 e. The van der Waals surface area contributed by atoms with Crippen LogP contribution in [0.5, 0.6) is 5.75 Å². The lowest BCUT2D eigenvalue weighted by molar-refractivity contribution is 0.485. The zero-order chi connectivity index (χ0) is 15.6. The van der Waals surface area contributed by atoms with Crippen LogP contribution in [0.25, 0.3) is 5.69 Å². The van der Waals surface area contributed by atoms with Crippen LogP contribution in [0.1, 0.15) is 0 Å². The van der Waals surface area contributed by atoms with Gasteiger partial charge in [-0.25, -0.2) is 9.67 Å². The number of pyridine rings is 1. The number of rotatable bonds is 4. The van der Waals surface area contributed by atoms with Crippen LogP contribution in [-0.2, 0) is 10.1 Å². The second-order valence-corrected chi connectivity index (χ2v) is 6.04. The Balaban J connectivity index is 1.89. The highest BCUT2D eigenvalue weighted by atomic mass is 35.5. The number of aromatic nitrogens is 5. The van der Waals surface area contributed by atoms with E-state index in [1.807, 2.05) is 0 Å². The Kier molecular flexibility index (Phi) is 3.73. The third-order valence-electron chi connectivity index (χ3n) is 2.63. The minimum absolute atomic E-state index is 0.0928. The van der Waals surface area contributed by atoms with E-state index < -0.39 is 10.1 Å². The standard InChI is InChI=1S/C12H8ClN5O3S/c13-12-5-4-11(7-14-12)22(19,20)21-10-3-1-2-9(6-10)18-8-15-16-17-18/h1-8H. The van der Waals surface area contributed by atoms with Gasteiger partial charge in [0.05, 0.1) is 11.9 Å². The van der Waals surface area contributed by atoms with Gasteiger partial charge >= 0.3 is 10.1 Å². The Morgan fingerprint density at radius 1 is 1.18 bits per heavy atom. The molecule has 22 heavy (non-hydrogen) atoms. The summed E-state index contributed by atoms with van der Waals surface area (Å²) in [6, 6.07) is 9.03. The van der Waals surface area contributed by atoms with Gasteiger partial charge in [-0.2, -0.15) is 8.42 Å². The molecule has 0 N–H and O–H groups in total. The first kappa shape index (κ1) is 14.4. The average Bonchev–Trinajstić information content (AvgIpc) is 3.02. The van der Waals surface area contributed by atoms with E-state index in [4.69, 9.17) is 15.8 Å². The largest absolute Gasteiger partial charge is 0.379 e. The zero-order valence-electron chi connectivity index (χ0n) is 10.9. The smallest absolute Gasteiger partial charge is 0.340 e. The zero-order valence-corrected chi connectivity index (χ0v) is 12.4. The van der Waals surface area contributed by atoms with E-state index in [2.05, 4.69) is 20.5 Å². The van der Waals surface area contributed by atoms with Crippen molar-refractivity contribution in [2.45, 2.75) is 4.90 Å². The lowest BCUT2D eigenvalue weighted by Gasteiger charge is -2.08. The van der Waals surface area contributed by atoms with Crippen LogP contribution in [0, 0.1) is 0 Å². The lowest BCUT2D eigenvalue weighted by Crippen LogP contribution is -2.10. The molecule has 0 spiro atoms. The fraction of sp³-hybridized carbons (Fsp3) is 0. The number of tetrazole rings is 1. The van der Waals surface area contributed by atoms with E-state index in [9.17, 15) is 8.42 Å². The summed E-state index contributed by atoms with van der Waals surface area (Å²) < 4.78 is 30.8. The number of benzene rings is 1. The molecule has 0 fully saturated rings. The highest BCUT2D eigenvalue weighted by Gasteiger charge is 2.17. The summed E-state index contributed by atoms with van der Waals surface area (Å²) in [6.07, 6.45) is 2.51. The molecule has 0 atom stereocenters. The molecule has 2 heterocycles. The molecular weight excluding hydrogens is 330 g/mol. The van der Waals surface area contributed by atoms with Crippen molar-refractivity contribution in [3.05, 3.63) is 54.1 Å². The summed E-state index contributed by atoms with van der Waals surface area (Å²) >= 11 is 5.63. The van der Waals surface area contributed by atoms with E-state index >= 15 is 0 Å². The third kappa shape index (κ3) is 3.05. The van der Waals surface area contributed by atoms with Crippen LogP contribution in [-0.4, -0.2) is 33.6 Å². The molecule has 3 rings (SSSR count). The molecule has 0 amide bonds. The summed E-state index contributed by atoms with van der Waals surface area (Å²) in [5.74, 6) is 0.128. The van der Waals surface area contributed by atoms with Crippen LogP contribution in [0.3, 0.4) is 0 Å². The molecule has 10 heteroatoms. The van der Waals surface area contributed by atoms with Crippen LogP contribution in [0.2, 0.25) is 5.15 Å². The second kappa shape index (κ2) is 5.70. The van der Waals surface area contributed by atoms with Gasteiger partial charge in [0.15, 0.2) is 0 Å². The monoisotopic (exact) mass is 337 g/mol. The van der Waals surface area contributed by atoms with Crippen molar-refractivity contribution in [1.29, 1.82) is 0 Å². The Bertz CT molecular complexity index is 881. The van der Waals surface area contributed by atoms with Crippen molar-refractivity contribution in [2.24, 2.45) is 0 Å². The number of hydrogen-bond donors (Lipinski definition) is 0. The van der Waals surface area contributed by atoms with Gasteiger partial charge in [0.2, 0.25) is 0 Å². The van der Waals surface area contributed by atoms with Crippen molar-refractivity contribution < 1.29 is 12.6 Å². The Morgan fingerprint density at radius 2 is 2.05 bits per heavy atom. The van der Waals surface area contributed by atoms with Crippen LogP contribution >= 0.6 is 11.6 Å². The highest BCUT2D eigenvalue weighted by molar-refractivity contribution is 7.87. The summed E-state index contributed by atoms with van der Waals surface area (Å²) in [5.41, 5.74) is 0.562.